The number of H-pyrrole nitrogens is 1. The highest BCUT2D eigenvalue weighted by atomic mass is 16.3. The quantitative estimate of drug-likeness (QED) is 0.668. The molecule has 1 saturated carbocycles. The molecule has 3 N–H and O–H groups in total. The molecular weight excluding hydrogens is 370 g/mol. The maximum Gasteiger partial charge on any atom is 0.230 e. The molecule has 4 rings (SSSR count). The second-order valence-electron chi connectivity index (χ2n) is 7.98. The van der Waals surface area contributed by atoms with E-state index >= 15 is 0 Å². The number of rotatable bonds is 6. The number of aliphatic hydroxyl groups excluding tert-OH is 1. The third-order valence-electron chi connectivity index (χ3n) is 5.82. The molecule has 1 aliphatic heterocycles. The van der Waals surface area contributed by atoms with E-state index in [2.05, 4.69) is 20.5 Å². The van der Waals surface area contributed by atoms with Crippen molar-refractivity contribution in [3.8, 4) is 0 Å². The highest BCUT2D eigenvalue weighted by molar-refractivity contribution is 5.82. The predicted molar refractivity (Wildman–Crippen MR) is 106 cm³/mol. The van der Waals surface area contributed by atoms with Gasteiger partial charge < -0.3 is 15.3 Å². The summed E-state index contributed by atoms with van der Waals surface area (Å²) in [7, 11) is 0. The highest BCUT2D eigenvalue weighted by Crippen LogP contribution is 2.22. The van der Waals surface area contributed by atoms with E-state index in [0.717, 1.165) is 24.8 Å². The molecule has 8 heteroatoms. The first-order valence-electron chi connectivity index (χ1n) is 10.3. The van der Waals surface area contributed by atoms with Crippen molar-refractivity contribution >= 4 is 11.8 Å². The first kappa shape index (κ1) is 19.6. The van der Waals surface area contributed by atoms with Crippen LogP contribution < -0.4 is 5.32 Å². The molecule has 2 fully saturated rings. The SMILES string of the molecule is O=C(NC1CCC1)[C@H]1CN(C(=O)Cc2n[nH]c(Cc3ccccc3)n2)CC[C@H]1O. The number of hydrogen-bond acceptors (Lipinski definition) is 5. The molecule has 2 amide bonds. The zero-order chi connectivity index (χ0) is 20.2. The largest absolute Gasteiger partial charge is 0.392 e. The lowest BCUT2D eigenvalue weighted by atomic mass is 9.89. The molecule has 2 aromatic rings. The molecule has 1 aliphatic carbocycles. The molecule has 154 valence electrons. The maximum absolute atomic E-state index is 12.7. The van der Waals surface area contributed by atoms with Gasteiger partial charge in [0.2, 0.25) is 11.8 Å². The zero-order valence-corrected chi connectivity index (χ0v) is 16.4. The van der Waals surface area contributed by atoms with Gasteiger partial charge in [-0.05, 0) is 31.2 Å². The summed E-state index contributed by atoms with van der Waals surface area (Å²) in [6.45, 7) is 0.675. The van der Waals surface area contributed by atoms with E-state index in [9.17, 15) is 14.7 Å². The van der Waals surface area contributed by atoms with Crippen molar-refractivity contribution in [1.82, 2.24) is 25.4 Å². The lowest BCUT2D eigenvalue weighted by Crippen LogP contribution is -2.54. The molecule has 2 heterocycles. The monoisotopic (exact) mass is 397 g/mol. The van der Waals surface area contributed by atoms with Crippen molar-refractivity contribution in [2.75, 3.05) is 13.1 Å². The number of hydrogen-bond donors (Lipinski definition) is 3. The number of likely N-dealkylation sites (tertiary alicyclic amines) is 1. The molecule has 0 radical (unpaired) electrons. The number of nitrogens with zero attached hydrogens (tertiary/aromatic N) is 3. The number of aromatic amines is 1. The van der Waals surface area contributed by atoms with Gasteiger partial charge in [0.15, 0.2) is 5.82 Å². The number of aliphatic hydroxyl groups is 1. The van der Waals surface area contributed by atoms with Crippen LogP contribution in [0.5, 0.6) is 0 Å². The minimum atomic E-state index is -0.708. The van der Waals surface area contributed by atoms with Crippen LogP contribution in [-0.2, 0) is 22.4 Å². The van der Waals surface area contributed by atoms with Crippen molar-refractivity contribution in [1.29, 1.82) is 0 Å². The molecule has 1 aromatic heterocycles. The number of amides is 2. The van der Waals surface area contributed by atoms with E-state index in [1.54, 1.807) is 4.90 Å². The van der Waals surface area contributed by atoms with Crippen LogP contribution in [0, 0.1) is 5.92 Å². The van der Waals surface area contributed by atoms with E-state index in [4.69, 9.17) is 0 Å². The van der Waals surface area contributed by atoms with Crippen molar-refractivity contribution in [2.45, 2.75) is 50.7 Å². The molecule has 1 aromatic carbocycles. The molecular formula is C21H27N5O3. The number of nitrogens with one attached hydrogen (secondary N) is 2. The zero-order valence-electron chi connectivity index (χ0n) is 16.4. The molecule has 0 spiro atoms. The molecule has 2 aliphatic rings. The van der Waals surface area contributed by atoms with Crippen LogP contribution >= 0.6 is 0 Å². The topological polar surface area (TPSA) is 111 Å². The van der Waals surface area contributed by atoms with Gasteiger partial charge in [-0.15, -0.1) is 0 Å². The first-order chi connectivity index (χ1) is 14.1. The van der Waals surface area contributed by atoms with Crippen LogP contribution in [0.2, 0.25) is 0 Å². The Labute approximate surface area is 169 Å². The Morgan fingerprint density at radius 2 is 2.00 bits per heavy atom. The van der Waals surface area contributed by atoms with Gasteiger partial charge in [0.25, 0.3) is 0 Å². The van der Waals surface area contributed by atoms with Crippen LogP contribution in [0.15, 0.2) is 30.3 Å². The van der Waals surface area contributed by atoms with Crippen LogP contribution in [0.3, 0.4) is 0 Å². The van der Waals surface area contributed by atoms with Gasteiger partial charge >= 0.3 is 0 Å². The van der Waals surface area contributed by atoms with Gasteiger partial charge in [-0.25, -0.2) is 4.98 Å². The minimum absolute atomic E-state index is 0.0817. The van der Waals surface area contributed by atoms with Crippen LogP contribution in [-0.4, -0.2) is 62.2 Å². The fourth-order valence-corrected chi connectivity index (χ4v) is 3.81. The lowest BCUT2D eigenvalue weighted by Gasteiger charge is -2.37. The Hall–Kier alpha value is -2.74. The van der Waals surface area contributed by atoms with Crippen LogP contribution in [0.25, 0.3) is 0 Å². The Morgan fingerprint density at radius 1 is 1.21 bits per heavy atom. The summed E-state index contributed by atoms with van der Waals surface area (Å²) in [5.74, 6) is 0.314. The van der Waals surface area contributed by atoms with E-state index in [1.165, 1.54) is 0 Å². The second-order valence-corrected chi connectivity index (χ2v) is 7.98. The predicted octanol–water partition coefficient (Wildman–Crippen LogP) is 0.816. The molecule has 29 heavy (non-hydrogen) atoms. The molecule has 0 unspecified atom stereocenters. The number of carbonyl (C=O) groups excluding carboxylic acids is 2. The van der Waals surface area contributed by atoms with E-state index in [0.29, 0.717) is 31.0 Å². The van der Waals surface area contributed by atoms with E-state index < -0.39 is 12.0 Å². The number of benzene rings is 1. The van der Waals surface area contributed by atoms with Gasteiger partial charge in [0, 0.05) is 25.6 Å². The molecule has 0 bridgehead atoms. The summed E-state index contributed by atoms with van der Waals surface area (Å²) in [6, 6.07) is 10.2. The summed E-state index contributed by atoms with van der Waals surface area (Å²) < 4.78 is 0. The third kappa shape index (κ3) is 4.82. The minimum Gasteiger partial charge on any atom is -0.392 e. The van der Waals surface area contributed by atoms with Gasteiger partial charge in [-0.2, -0.15) is 5.10 Å². The Morgan fingerprint density at radius 3 is 2.72 bits per heavy atom. The van der Waals surface area contributed by atoms with Crippen molar-refractivity contribution in [3.05, 3.63) is 47.5 Å². The first-order valence-corrected chi connectivity index (χ1v) is 10.3. The van der Waals surface area contributed by atoms with Crippen molar-refractivity contribution in [2.24, 2.45) is 5.92 Å². The number of carbonyl (C=O) groups is 2. The average Bonchev–Trinajstić information content (AvgIpc) is 3.12. The summed E-state index contributed by atoms with van der Waals surface area (Å²) in [6.07, 6.45) is 3.52. The standard InChI is InChI=1S/C21H27N5O3/c27-17-9-10-26(13-16(17)21(29)22-15-7-4-8-15)20(28)12-19-23-18(24-25-19)11-14-5-2-1-3-6-14/h1-3,5-6,15-17,27H,4,7-13H2,(H,22,29)(H,23,24,25)/t16-,17+/m0/s1. The molecule has 2 atom stereocenters. The maximum atomic E-state index is 12.7. The fourth-order valence-electron chi connectivity index (χ4n) is 3.81. The second kappa shape index (κ2) is 8.73. The highest BCUT2D eigenvalue weighted by Gasteiger charge is 2.36. The van der Waals surface area contributed by atoms with Crippen molar-refractivity contribution in [3.63, 3.8) is 0 Å². The van der Waals surface area contributed by atoms with Gasteiger partial charge in [0.1, 0.15) is 5.82 Å². The van der Waals surface area contributed by atoms with Gasteiger partial charge in [-0.1, -0.05) is 30.3 Å². The summed E-state index contributed by atoms with van der Waals surface area (Å²) in [4.78, 5) is 31.3. The lowest BCUT2D eigenvalue weighted by molar-refractivity contribution is -0.140. The number of aromatic nitrogens is 3. The average molecular weight is 397 g/mol. The normalized spacial score (nSPS) is 22.2. The van der Waals surface area contributed by atoms with E-state index in [-0.39, 0.29) is 30.8 Å². The Bertz CT molecular complexity index is 849. The van der Waals surface area contributed by atoms with Crippen LogP contribution in [0.4, 0.5) is 0 Å². The summed E-state index contributed by atoms with van der Waals surface area (Å²) in [5.41, 5.74) is 1.12. The Kier molecular flexibility index (Phi) is 5.89. The Balaban J connectivity index is 1.32. The smallest absolute Gasteiger partial charge is 0.230 e. The van der Waals surface area contributed by atoms with Crippen LogP contribution in [0.1, 0.15) is 42.9 Å². The fraction of sp³-hybridized carbons (Fsp3) is 0.524. The number of piperidine rings is 1. The molecule has 1 saturated heterocycles. The van der Waals surface area contributed by atoms with Gasteiger partial charge in [0.05, 0.1) is 18.4 Å². The third-order valence-corrected chi connectivity index (χ3v) is 5.82. The molecule has 8 nitrogen and oxygen atoms in total. The summed E-state index contributed by atoms with van der Waals surface area (Å²) >= 11 is 0. The summed E-state index contributed by atoms with van der Waals surface area (Å²) in [5, 5.41) is 20.3. The van der Waals surface area contributed by atoms with Gasteiger partial charge in [-0.3, -0.25) is 14.7 Å². The van der Waals surface area contributed by atoms with Crippen molar-refractivity contribution < 1.29 is 14.7 Å². The van der Waals surface area contributed by atoms with E-state index in [1.807, 2.05) is 30.3 Å².